The summed E-state index contributed by atoms with van der Waals surface area (Å²) in [4.78, 5) is 11.6. The molecule has 1 aromatic rings. The third-order valence-corrected chi connectivity index (χ3v) is 2.22. The van der Waals surface area contributed by atoms with Gasteiger partial charge in [-0.05, 0) is 31.0 Å². The second kappa shape index (κ2) is 5.97. The first-order valence-corrected chi connectivity index (χ1v) is 5.19. The van der Waals surface area contributed by atoms with Gasteiger partial charge < -0.3 is 21.9 Å². The summed E-state index contributed by atoms with van der Waals surface area (Å²) in [6, 6.07) is 4.79. The average molecular weight is 223 g/mol. The molecular weight excluding hydrogens is 206 g/mol. The second-order valence-corrected chi connectivity index (χ2v) is 3.53. The Morgan fingerprint density at radius 2 is 2.00 bits per heavy atom. The van der Waals surface area contributed by atoms with Crippen molar-refractivity contribution in [2.45, 2.75) is 12.8 Å². The molecule has 5 nitrogen and oxygen atoms in total. The minimum Gasteiger partial charge on any atom is -0.397 e. The van der Waals surface area contributed by atoms with Crippen LogP contribution in [0.15, 0.2) is 18.2 Å². The van der Waals surface area contributed by atoms with E-state index in [1.807, 2.05) is 0 Å². The van der Waals surface area contributed by atoms with E-state index in [2.05, 4.69) is 5.32 Å². The fourth-order valence-electron chi connectivity index (χ4n) is 1.26. The zero-order valence-electron chi connectivity index (χ0n) is 9.07. The van der Waals surface area contributed by atoms with Gasteiger partial charge in [-0.25, -0.2) is 0 Å². The number of carbonyl (C=O) groups excluding carboxylic acids is 1. The van der Waals surface area contributed by atoms with Crippen LogP contribution in [0, 0.1) is 0 Å². The number of benzene rings is 1. The third-order valence-electron chi connectivity index (χ3n) is 2.22. The molecule has 0 atom stereocenters. The molecular formula is C11H17N3O2. The zero-order valence-corrected chi connectivity index (χ0v) is 9.07. The average Bonchev–Trinajstić information content (AvgIpc) is 2.28. The minimum atomic E-state index is -0.176. The molecule has 0 aliphatic rings. The Hall–Kier alpha value is -1.75. The van der Waals surface area contributed by atoms with E-state index < -0.39 is 0 Å². The smallest absolute Gasteiger partial charge is 0.251 e. The van der Waals surface area contributed by atoms with E-state index in [1.54, 1.807) is 18.2 Å². The van der Waals surface area contributed by atoms with Crippen molar-refractivity contribution in [2.75, 3.05) is 24.6 Å². The maximum atomic E-state index is 11.6. The Balaban J connectivity index is 2.50. The molecule has 0 saturated carbocycles. The molecule has 0 spiro atoms. The van der Waals surface area contributed by atoms with Crippen molar-refractivity contribution in [2.24, 2.45) is 0 Å². The molecule has 0 heterocycles. The van der Waals surface area contributed by atoms with Gasteiger partial charge in [0.25, 0.3) is 5.91 Å². The summed E-state index contributed by atoms with van der Waals surface area (Å²) in [5, 5.41) is 11.3. The fourth-order valence-corrected chi connectivity index (χ4v) is 1.26. The van der Waals surface area contributed by atoms with Crippen molar-refractivity contribution < 1.29 is 9.90 Å². The number of nitrogen functional groups attached to an aromatic ring is 2. The van der Waals surface area contributed by atoms with Crippen LogP contribution in [0.25, 0.3) is 0 Å². The number of hydrogen-bond acceptors (Lipinski definition) is 4. The molecule has 5 heteroatoms. The van der Waals surface area contributed by atoms with Crippen LogP contribution in [0.2, 0.25) is 0 Å². The Morgan fingerprint density at radius 3 is 2.62 bits per heavy atom. The van der Waals surface area contributed by atoms with Gasteiger partial charge in [-0.1, -0.05) is 0 Å². The molecule has 16 heavy (non-hydrogen) atoms. The monoisotopic (exact) mass is 223 g/mol. The molecule has 0 saturated heterocycles. The van der Waals surface area contributed by atoms with Gasteiger partial charge in [0.2, 0.25) is 0 Å². The van der Waals surface area contributed by atoms with Crippen LogP contribution in [0.3, 0.4) is 0 Å². The van der Waals surface area contributed by atoms with E-state index in [-0.39, 0.29) is 12.5 Å². The van der Waals surface area contributed by atoms with E-state index in [1.165, 1.54) is 0 Å². The Bertz CT molecular complexity index is 366. The van der Waals surface area contributed by atoms with Crippen molar-refractivity contribution in [1.29, 1.82) is 0 Å². The highest BCUT2D eigenvalue weighted by molar-refractivity contribution is 5.95. The zero-order chi connectivity index (χ0) is 12.0. The highest BCUT2D eigenvalue weighted by Crippen LogP contribution is 2.15. The van der Waals surface area contributed by atoms with Crippen LogP contribution >= 0.6 is 0 Å². The van der Waals surface area contributed by atoms with Gasteiger partial charge in [0.1, 0.15) is 0 Å². The first kappa shape index (κ1) is 12.3. The molecule has 1 aromatic carbocycles. The van der Waals surface area contributed by atoms with E-state index in [4.69, 9.17) is 16.6 Å². The molecule has 1 amide bonds. The van der Waals surface area contributed by atoms with E-state index in [0.717, 1.165) is 6.42 Å². The quantitative estimate of drug-likeness (QED) is 0.427. The third kappa shape index (κ3) is 3.43. The number of carbonyl (C=O) groups is 1. The standard InChI is InChI=1S/C11H17N3O2/c12-9-4-3-8(7-10(9)13)11(16)14-5-1-2-6-15/h3-4,7,15H,1-2,5-6,12-13H2,(H,14,16). The van der Waals surface area contributed by atoms with E-state index in [9.17, 15) is 4.79 Å². The molecule has 6 N–H and O–H groups in total. The molecule has 0 radical (unpaired) electrons. The molecule has 0 aliphatic heterocycles. The minimum absolute atomic E-state index is 0.144. The van der Waals surface area contributed by atoms with Crippen LogP contribution in [-0.2, 0) is 0 Å². The van der Waals surface area contributed by atoms with Gasteiger partial charge in [0.15, 0.2) is 0 Å². The Kier molecular flexibility index (Phi) is 4.60. The van der Waals surface area contributed by atoms with Crippen LogP contribution in [0.5, 0.6) is 0 Å². The first-order valence-electron chi connectivity index (χ1n) is 5.19. The van der Waals surface area contributed by atoms with Gasteiger partial charge in [-0.2, -0.15) is 0 Å². The lowest BCUT2D eigenvalue weighted by atomic mass is 10.1. The number of nitrogens with one attached hydrogen (secondary N) is 1. The predicted molar refractivity (Wildman–Crippen MR) is 63.9 cm³/mol. The van der Waals surface area contributed by atoms with Gasteiger partial charge in [0, 0.05) is 18.7 Å². The van der Waals surface area contributed by atoms with Gasteiger partial charge in [-0.15, -0.1) is 0 Å². The van der Waals surface area contributed by atoms with Crippen molar-refractivity contribution in [3.8, 4) is 0 Å². The summed E-state index contributed by atoms with van der Waals surface area (Å²) < 4.78 is 0. The first-order chi connectivity index (χ1) is 7.65. The maximum Gasteiger partial charge on any atom is 0.251 e. The van der Waals surface area contributed by atoms with Gasteiger partial charge >= 0.3 is 0 Å². The normalized spacial score (nSPS) is 10.1. The molecule has 0 bridgehead atoms. The number of amides is 1. The molecule has 0 aromatic heterocycles. The predicted octanol–water partition coefficient (Wildman–Crippen LogP) is 0.353. The highest BCUT2D eigenvalue weighted by atomic mass is 16.2. The molecule has 0 unspecified atom stereocenters. The summed E-state index contributed by atoms with van der Waals surface area (Å²) in [5.74, 6) is -0.176. The molecule has 0 aliphatic carbocycles. The second-order valence-electron chi connectivity index (χ2n) is 3.53. The largest absolute Gasteiger partial charge is 0.397 e. The van der Waals surface area contributed by atoms with E-state index >= 15 is 0 Å². The van der Waals surface area contributed by atoms with Crippen LogP contribution in [0.4, 0.5) is 11.4 Å². The maximum absolute atomic E-state index is 11.6. The summed E-state index contributed by atoms with van der Waals surface area (Å²) in [5.41, 5.74) is 12.5. The fraction of sp³-hybridized carbons (Fsp3) is 0.364. The number of nitrogens with two attached hydrogens (primary N) is 2. The van der Waals surface area contributed by atoms with Crippen molar-refractivity contribution in [1.82, 2.24) is 5.32 Å². The van der Waals surface area contributed by atoms with Gasteiger partial charge in [-0.3, -0.25) is 4.79 Å². The number of hydrogen-bond donors (Lipinski definition) is 4. The molecule has 88 valence electrons. The number of aliphatic hydroxyl groups is 1. The highest BCUT2D eigenvalue weighted by Gasteiger charge is 2.05. The summed E-state index contributed by atoms with van der Waals surface area (Å²) >= 11 is 0. The number of aliphatic hydroxyl groups excluding tert-OH is 1. The summed E-state index contributed by atoms with van der Waals surface area (Å²) in [6.45, 7) is 0.689. The van der Waals surface area contributed by atoms with Crippen molar-refractivity contribution >= 4 is 17.3 Å². The SMILES string of the molecule is Nc1ccc(C(=O)NCCCCO)cc1N. The summed E-state index contributed by atoms with van der Waals surface area (Å²) in [6.07, 6.45) is 1.44. The number of rotatable bonds is 5. The van der Waals surface area contributed by atoms with Crippen LogP contribution in [-0.4, -0.2) is 24.2 Å². The lowest BCUT2D eigenvalue weighted by Gasteiger charge is -2.06. The Morgan fingerprint density at radius 1 is 1.25 bits per heavy atom. The lowest BCUT2D eigenvalue weighted by Crippen LogP contribution is -2.24. The number of unbranched alkanes of at least 4 members (excludes halogenated alkanes) is 1. The van der Waals surface area contributed by atoms with Crippen LogP contribution in [0.1, 0.15) is 23.2 Å². The van der Waals surface area contributed by atoms with E-state index in [0.29, 0.717) is 29.9 Å². The Labute approximate surface area is 94.4 Å². The molecule has 1 rings (SSSR count). The number of anilines is 2. The lowest BCUT2D eigenvalue weighted by molar-refractivity contribution is 0.0952. The topological polar surface area (TPSA) is 101 Å². The van der Waals surface area contributed by atoms with Crippen molar-refractivity contribution in [3.63, 3.8) is 0 Å². The van der Waals surface area contributed by atoms with Crippen LogP contribution < -0.4 is 16.8 Å². The van der Waals surface area contributed by atoms with Crippen molar-refractivity contribution in [3.05, 3.63) is 23.8 Å². The summed E-state index contributed by atoms with van der Waals surface area (Å²) in [7, 11) is 0. The van der Waals surface area contributed by atoms with Gasteiger partial charge in [0.05, 0.1) is 11.4 Å². The molecule has 0 fully saturated rings.